The highest BCUT2D eigenvalue weighted by Gasteiger charge is 2.12. The molecule has 0 aliphatic rings. The van der Waals surface area contributed by atoms with Gasteiger partial charge in [0, 0.05) is 6.54 Å². The third kappa shape index (κ3) is 5.46. The summed E-state index contributed by atoms with van der Waals surface area (Å²) in [7, 11) is 0. The molecule has 2 atom stereocenters. The second-order valence-corrected chi connectivity index (χ2v) is 2.88. The molecule has 0 aliphatic heterocycles. The average Bonchev–Trinajstić information content (AvgIpc) is 2.11. The minimum absolute atomic E-state index is 0.0989. The molecule has 0 aromatic carbocycles. The summed E-state index contributed by atoms with van der Waals surface area (Å²) in [4.78, 5) is 20.5. The first-order valence-electron chi connectivity index (χ1n) is 4.12. The predicted octanol–water partition coefficient (Wildman–Crippen LogP) is -2.21. The van der Waals surface area contributed by atoms with Gasteiger partial charge in [0.1, 0.15) is 12.1 Å². The third-order valence-electron chi connectivity index (χ3n) is 1.63. The van der Waals surface area contributed by atoms with Gasteiger partial charge in [-0.3, -0.25) is 9.59 Å². The number of carbonyl (C=O) groups is 2. The van der Waals surface area contributed by atoms with Crippen molar-refractivity contribution in [1.29, 1.82) is 0 Å². The molecule has 0 rings (SSSR count). The van der Waals surface area contributed by atoms with E-state index in [2.05, 4.69) is 5.32 Å². The van der Waals surface area contributed by atoms with Gasteiger partial charge in [-0.15, -0.1) is 0 Å². The fourth-order valence-corrected chi connectivity index (χ4v) is 0.726. The number of carboxylic acid groups (broad SMARTS) is 2. The summed E-state index contributed by atoms with van der Waals surface area (Å²) in [5, 5.41) is 19.5. The Balaban J connectivity index is 3.47. The first kappa shape index (κ1) is 12.8. The smallest absolute Gasteiger partial charge is 0.321 e. The van der Waals surface area contributed by atoms with Crippen LogP contribution in [0.3, 0.4) is 0 Å². The highest BCUT2D eigenvalue weighted by Crippen LogP contribution is 1.86. The Hall–Kier alpha value is -1.18. The van der Waals surface area contributed by atoms with Gasteiger partial charge in [0.05, 0.1) is 0 Å². The van der Waals surface area contributed by atoms with Crippen molar-refractivity contribution in [3.8, 4) is 0 Å². The van der Waals surface area contributed by atoms with Crippen LogP contribution in [0.1, 0.15) is 6.42 Å². The van der Waals surface area contributed by atoms with Crippen LogP contribution >= 0.6 is 0 Å². The van der Waals surface area contributed by atoms with E-state index in [0.717, 1.165) is 0 Å². The SMILES string of the molecule is NC(CCNCC(N)C(=O)O)C(=O)O. The first-order valence-corrected chi connectivity index (χ1v) is 4.12. The fourth-order valence-electron chi connectivity index (χ4n) is 0.726. The number of rotatable bonds is 7. The lowest BCUT2D eigenvalue weighted by atomic mass is 10.2. The monoisotopic (exact) mass is 205 g/mol. The number of nitrogens with one attached hydrogen (secondary N) is 1. The molecule has 0 aromatic rings. The maximum absolute atomic E-state index is 10.3. The Morgan fingerprint density at radius 3 is 2.07 bits per heavy atom. The Bertz CT molecular complexity index is 187. The molecule has 0 fully saturated rings. The molecule has 0 saturated carbocycles. The quantitative estimate of drug-likeness (QED) is 0.297. The lowest BCUT2D eigenvalue weighted by Crippen LogP contribution is -2.42. The Morgan fingerprint density at radius 1 is 1.14 bits per heavy atom. The van der Waals surface area contributed by atoms with Gasteiger partial charge in [-0.2, -0.15) is 0 Å². The summed E-state index contributed by atoms with van der Waals surface area (Å²) < 4.78 is 0. The molecule has 0 aliphatic carbocycles. The van der Waals surface area contributed by atoms with Crippen LogP contribution in [0.25, 0.3) is 0 Å². The zero-order valence-corrected chi connectivity index (χ0v) is 7.64. The average molecular weight is 205 g/mol. The van der Waals surface area contributed by atoms with Gasteiger partial charge in [0.25, 0.3) is 0 Å². The number of hydrogen-bond acceptors (Lipinski definition) is 5. The Labute approximate surface area is 81.1 Å². The van der Waals surface area contributed by atoms with E-state index in [1.54, 1.807) is 0 Å². The molecule has 0 heterocycles. The van der Waals surface area contributed by atoms with Crippen molar-refractivity contribution in [3.63, 3.8) is 0 Å². The minimum Gasteiger partial charge on any atom is -0.480 e. The van der Waals surface area contributed by atoms with Crippen LogP contribution < -0.4 is 16.8 Å². The Morgan fingerprint density at radius 2 is 1.64 bits per heavy atom. The van der Waals surface area contributed by atoms with E-state index in [1.165, 1.54) is 0 Å². The van der Waals surface area contributed by atoms with E-state index >= 15 is 0 Å². The maximum atomic E-state index is 10.3. The van der Waals surface area contributed by atoms with E-state index < -0.39 is 24.0 Å². The standard InChI is InChI=1S/C7H15N3O4/c8-4(6(11)12)1-2-10-3-5(9)7(13)14/h4-5,10H,1-3,8-9H2,(H,11,12)(H,13,14). The van der Waals surface area contributed by atoms with Crippen molar-refractivity contribution in [2.24, 2.45) is 11.5 Å². The van der Waals surface area contributed by atoms with Crippen LogP contribution in [0, 0.1) is 0 Å². The van der Waals surface area contributed by atoms with Crippen molar-refractivity contribution in [1.82, 2.24) is 5.32 Å². The van der Waals surface area contributed by atoms with Crippen LogP contribution in [0.5, 0.6) is 0 Å². The van der Waals surface area contributed by atoms with Crippen LogP contribution in [-0.2, 0) is 9.59 Å². The van der Waals surface area contributed by atoms with E-state index in [4.69, 9.17) is 21.7 Å². The molecule has 7 heteroatoms. The van der Waals surface area contributed by atoms with Crippen LogP contribution in [0.2, 0.25) is 0 Å². The van der Waals surface area contributed by atoms with E-state index in [0.29, 0.717) is 6.54 Å². The highest BCUT2D eigenvalue weighted by molar-refractivity contribution is 5.73. The molecule has 0 radical (unpaired) electrons. The van der Waals surface area contributed by atoms with Gasteiger partial charge in [-0.1, -0.05) is 0 Å². The van der Waals surface area contributed by atoms with E-state index in [-0.39, 0.29) is 13.0 Å². The lowest BCUT2D eigenvalue weighted by molar-refractivity contribution is -0.139. The summed E-state index contributed by atoms with van der Waals surface area (Å²) in [6.45, 7) is 0.427. The zero-order valence-electron chi connectivity index (χ0n) is 7.64. The summed E-state index contributed by atoms with van der Waals surface area (Å²) >= 11 is 0. The molecule has 0 aromatic heterocycles. The fraction of sp³-hybridized carbons (Fsp3) is 0.714. The zero-order chi connectivity index (χ0) is 11.1. The second kappa shape index (κ2) is 6.30. The largest absolute Gasteiger partial charge is 0.480 e. The van der Waals surface area contributed by atoms with Crippen molar-refractivity contribution in [3.05, 3.63) is 0 Å². The van der Waals surface area contributed by atoms with E-state index in [9.17, 15) is 9.59 Å². The number of hydrogen-bond donors (Lipinski definition) is 5. The number of carboxylic acids is 2. The van der Waals surface area contributed by atoms with Gasteiger partial charge >= 0.3 is 11.9 Å². The second-order valence-electron chi connectivity index (χ2n) is 2.88. The lowest BCUT2D eigenvalue weighted by Gasteiger charge is -2.09. The molecule has 7 N–H and O–H groups in total. The van der Waals surface area contributed by atoms with Gasteiger partial charge in [0.15, 0.2) is 0 Å². The summed E-state index contributed by atoms with van der Waals surface area (Å²) in [5.74, 6) is -2.17. The molecule has 0 saturated heterocycles. The topological polar surface area (TPSA) is 139 Å². The molecule has 0 amide bonds. The van der Waals surface area contributed by atoms with Crippen molar-refractivity contribution in [2.75, 3.05) is 13.1 Å². The first-order chi connectivity index (χ1) is 6.45. The van der Waals surface area contributed by atoms with Gasteiger partial charge in [-0.25, -0.2) is 0 Å². The van der Waals surface area contributed by atoms with Crippen molar-refractivity contribution < 1.29 is 19.8 Å². The molecule has 0 bridgehead atoms. The molecule has 2 unspecified atom stereocenters. The third-order valence-corrected chi connectivity index (χ3v) is 1.63. The van der Waals surface area contributed by atoms with Crippen molar-refractivity contribution >= 4 is 11.9 Å². The summed E-state index contributed by atoms with van der Waals surface area (Å²) in [5.41, 5.74) is 10.4. The van der Waals surface area contributed by atoms with E-state index in [1.807, 2.05) is 0 Å². The van der Waals surface area contributed by atoms with Gasteiger partial charge in [0.2, 0.25) is 0 Å². The number of nitrogens with two attached hydrogens (primary N) is 2. The molecular weight excluding hydrogens is 190 g/mol. The van der Waals surface area contributed by atoms with Gasteiger partial charge in [-0.05, 0) is 13.0 Å². The molecular formula is C7H15N3O4. The van der Waals surface area contributed by atoms with Crippen LogP contribution in [-0.4, -0.2) is 47.3 Å². The van der Waals surface area contributed by atoms with Gasteiger partial charge < -0.3 is 27.0 Å². The minimum atomic E-state index is -1.10. The van der Waals surface area contributed by atoms with Crippen LogP contribution in [0.4, 0.5) is 0 Å². The Kier molecular flexibility index (Phi) is 5.77. The normalized spacial score (nSPS) is 14.7. The summed E-state index contributed by atoms with van der Waals surface area (Å²) in [6.07, 6.45) is 0.238. The molecule has 82 valence electrons. The van der Waals surface area contributed by atoms with Crippen LogP contribution in [0.15, 0.2) is 0 Å². The molecule has 14 heavy (non-hydrogen) atoms. The summed E-state index contributed by atoms with van der Waals surface area (Å²) in [6, 6.07) is -1.90. The molecule has 7 nitrogen and oxygen atoms in total. The maximum Gasteiger partial charge on any atom is 0.321 e. The predicted molar refractivity (Wildman–Crippen MR) is 48.7 cm³/mol. The molecule has 0 spiro atoms. The highest BCUT2D eigenvalue weighted by atomic mass is 16.4. The van der Waals surface area contributed by atoms with Crippen molar-refractivity contribution in [2.45, 2.75) is 18.5 Å². The number of aliphatic carboxylic acids is 2.